The molecule has 0 spiro atoms. The number of nitrogens with zero attached hydrogens (tertiary/aromatic N) is 2. The van der Waals surface area contributed by atoms with Gasteiger partial charge in [0.2, 0.25) is 0 Å². The molecule has 3 aromatic rings. The van der Waals surface area contributed by atoms with Crippen molar-refractivity contribution in [1.82, 2.24) is 9.97 Å². The molecule has 0 aliphatic rings. The highest BCUT2D eigenvalue weighted by atomic mass is 32.2. The second kappa shape index (κ2) is 7.85. The second-order valence-electron chi connectivity index (χ2n) is 5.08. The van der Waals surface area contributed by atoms with Crippen molar-refractivity contribution in [3.63, 3.8) is 0 Å². The number of rotatable bonds is 5. The number of nitrogens with one attached hydrogen (secondary N) is 1. The van der Waals surface area contributed by atoms with Gasteiger partial charge in [0.05, 0.1) is 11.3 Å². The molecule has 126 valence electrons. The number of hydrogen-bond acceptors (Lipinski definition) is 4. The van der Waals surface area contributed by atoms with Gasteiger partial charge in [-0.3, -0.25) is 9.78 Å². The lowest BCUT2D eigenvalue weighted by molar-refractivity contribution is 0.102. The molecule has 1 N–H and O–H groups in total. The Kier molecular flexibility index (Phi) is 5.35. The third-order valence-corrected chi connectivity index (χ3v) is 4.40. The van der Waals surface area contributed by atoms with E-state index < -0.39 is 17.5 Å². The predicted octanol–water partition coefficient (Wildman–Crippen LogP) is 4.30. The number of hydrogen-bond donors (Lipinski definition) is 1. The van der Waals surface area contributed by atoms with Crippen LogP contribution in [-0.4, -0.2) is 15.9 Å². The Bertz CT molecular complexity index is 890. The van der Waals surface area contributed by atoms with Crippen molar-refractivity contribution in [2.45, 2.75) is 10.8 Å². The molecule has 25 heavy (non-hydrogen) atoms. The van der Waals surface area contributed by atoms with Gasteiger partial charge in [0.15, 0.2) is 0 Å². The largest absolute Gasteiger partial charge is 0.319 e. The molecule has 0 unspecified atom stereocenters. The highest BCUT2D eigenvalue weighted by molar-refractivity contribution is 7.98. The van der Waals surface area contributed by atoms with E-state index in [-0.39, 0.29) is 5.69 Å². The number of benzene rings is 1. The van der Waals surface area contributed by atoms with Crippen LogP contribution in [0.2, 0.25) is 0 Å². The van der Waals surface area contributed by atoms with Gasteiger partial charge in [-0.15, -0.1) is 11.8 Å². The molecule has 4 nitrogen and oxygen atoms in total. The Morgan fingerprint density at radius 3 is 2.64 bits per heavy atom. The summed E-state index contributed by atoms with van der Waals surface area (Å²) in [6, 6.07) is 9.99. The van der Waals surface area contributed by atoms with E-state index in [4.69, 9.17) is 0 Å². The van der Waals surface area contributed by atoms with Crippen molar-refractivity contribution >= 4 is 23.4 Å². The summed E-state index contributed by atoms with van der Waals surface area (Å²) in [5, 5.41) is 2.98. The van der Waals surface area contributed by atoms with Crippen molar-refractivity contribution in [3.8, 4) is 0 Å². The van der Waals surface area contributed by atoms with Crippen LogP contribution >= 0.6 is 11.8 Å². The molecule has 0 radical (unpaired) electrons. The minimum Gasteiger partial charge on any atom is -0.319 e. The monoisotopic (exact) mass is 357 g/mol. The van der Waals surface area contributed by atoms with Crippen LogP contribution in [0.25, 0.3) is 0 Å². The third-order valence-electron chi connectivity index (χ3n) is 3.32. The SMILES string of the molecule is O=C(Nc1ccc(F)cc1F)c1cccnc1SCc1ccncc1. The molecule has 0 atom stereocenters. The lowest BCUT2D eigenvalue weighted by Crippen LogP contribution is -2.14. The van der Waals surface area contributed by atoms with Gasteiger partial charge in [-0.1, -0.05) is 0 Å². The fourth-order valence-corrected chi connectivity index (χ4v) is 3.04. The first-order valence-electron chi connectivity index (χ1n) is 7.36. The summed E-state index contributed by atoms with van der Waals surface area (Å²) in [5.74, 6) is -1.42. The average Bonchev–Trinajstić information content (AvgIpc) is 2.63. The van der Waals surface area contributed by atoms with Gasteiger partial charge in [-0.25, -0.2) is 13.8 Å². The van der Waals surface area contributed by atoms with Crippen LogP contribution in [0.15, 0.2) is 66.1 Å². The van der Waals surface area contributed by atoms with Gasteiger partial charge in [-0.2, -0.15) is 0 Å². The zero-order valence-corrected chi connectivity index (χ0v) is 13.8. The highest BCUT2D eigenvalue weighted by Gasteiger charge is 2.15. The molecule has 1 aromatic carbocycles. The zero-order chi connectivity index (χ0) is 17.6. The molecule has 0 bridgehead atoms. The molecule has 2 heterocycles. The second-order valence-corrected chi connectivity index (χ2v) is 6.04. The van der Waals surface area contributed by atoms with E-state index >= 15 is 0 Å². The molecule has 3 rings (SSSR count). The maximum Gasteiger partial charge on any atom is 0.258 e. The Labute approximate surface area is 147 Å². The van der Waals surface area contributed by atoms with Crippen molar-refractivity contribution < 1.29 is 13.6 Å². The number of amides is 1. The molecule has 0 fully saturated rings. The average molecular weight is 357 g/mol. The first-order valence-corrected chi connectivity index (χ1v) is 8.35. The number of thioether (sulfide) groups is 1. The number of carbonyl (C=O) groups excluding carboxylic acids is 1. The van der Waals surface area contributed by atoms with Crippen molar-refractivity contribution in [3.05, 3.63) is 83.8 Å². The summed E-state index contributed by atoms with van der Waals surface area (Å²) < 4.78 is 26.7. The van der Waals surface area contributed by atoms with Crippen LogP contribution in [0.5, 0.6) is 0 Å². The molecule has 7 heteroatoms. The number of aromatic nitrogens is 2. The number of carbonyl (C=O) groups is 1. The normalized spacial score (nSPS) is 10.5. The maximum atomic E-state index is 13.7. The fourth-order valence-electron chi connectivity index (χ4n) is 2.09. The lowest BCUT2D eigenvalue weighted by atomic mass is 10.2. The van der Waals surface area contributed by atoms with Crippen molar-refractivity contribution in [2.75, 3.05) is 5.32 Å². The van der Waals surface area contributed by atoms with Gasteiger partial charge < -0.3 is 5.32 Å². The van der Waals surface area contributed by atoms with E-state index in [2.05, 4.69) is 15.3 Å². The maximum absolute atomic E-state index is 13.7. The number of pyridine rings is 2. The van der Waals surface area contributed by atoms with E-state index in [1.807, 2.05) is 12.1 Å². The minimum atomic E-state index is -0.830. The van der Waals surface area contributed by atoms with Crippen LogP contribution in [0.3, 0.4) is 0 Å². The minimum absolute atomic E-state index is 0.0830. The number of halogens is 2. The summed E-state index contributed by atoms with van der Waals surface area (Å²) in [5.41, 5.74) is 1.28. The topological polar surface area (TPSA) is 54.9 Å². The molecule has 0 saturated carbocycles. The van der Waals surface area contributed by atoms with Gasteiger partial charge in [0.1, 0.15) is 16.7 Å². The molecule has 0 aliphatic carbocycles. The van der Waals surface area contributed by atoms with E-state index in [0.717, 1.165) is 17.7 Å². The summed E-state index contributed by atoms with van der Waals surface area (Å²) in [6.07, 6.45) is 4.97. The van der Waals surface area contributed by atoms with Crippen molar-refractivity contribution in [1.29, 1.82) is 0 Å². The van der Waals surface area contributed by atoms with E-state index in [9.17, 15) is 13.6 Å². The zero-order valence-electron chi connectivity index (χ0n) is 12.9. The lowest BCUT2D eigenvalue weighted by Gasteiger charge is -2.10. The smallest absolute Gasteiger partial charge is 0.258 e. The van der Waals surface area contributed by atoms with E-state index in [0.29, 0.717) is 16.3 Å². The Balaban J connectivity index is 1.76. The molecular formula is C18H13F2N3OS. The third kappa shape index (κ3) is 4.39. The van der Waals surface area contributed by atoms with Gasteiger partial charge in [-0.05, 0) is 42.0 Å². The molecule has 1 amide bonds. The van der Waals surface area contributed by atoms with Crippen LogP contribution in [0.4, 0.5) is 14.5 Å². The van der Waals surface area contributed by atoms with Crippen LogP contribution in [0.1, 0.15) is 15.9 Å². The summed E-state index contributed by atoms with van der Waals surface area (Å²) >= 11 is 1.39. The standard InChI is InChI=1S/C18H13F2N3OS/c19-13-3-4-16(15(20)10-13)23-17(24)14-2-1-7-22-18(14)25-11-12-5-8-21-9-6-12/h1-10H,11H2,(H,23,24). The van der Waals surface area contributed by atoms with Gasteiger partial charge in [0, 0.05) is 30.4 Å². The summed E-state index contributed by atoms with van der Waals surface area (Å²) in [7, 11) is 0. The quantitative estimate of drug-likeness (QED) is 0.692. The molecular weight excluding hydrogens is 344 g/mol. The Morgan fingerprint density at radius 2 is 1.88 bits per heavy atom. The molecule has 0 saturated heterocycles. The summed E-state index contributed by atoms with van der Waals surface area (Å²) in [6.45, 7) is 0. The Morgan fingerprint density at radius 1 is 1.08 bits per heavy atom. The Hall–Kier alpha value is -2.80. The van der Waals surface area contributed by atoms with Crippen LogP contribution < -0.4 is 5.32 Å². The first kappa shape index (κ1) is 17.0. The van der Waals surface area contributed by atoms with Crippen LogP contribution in [0, 0.1) is 11.6 Å². The van der Waals surface area contributed by atoms with Crippen LogP contribution in [-0.2, 0) is 5.75 Å². The summed E-state index contributed by atoms with van der Waals surface area (Å²) in [4.78, 5) is 20.6. The fraction of sp³-hybridized carbons (Fsp3) is 0.0556. The van der Waals surface area contributed by atoms with Crippen molar-refractivity contribution in [2.24, 2.45) is 0 Å². The van der Waals surface area contributed by atoms with E-state index in [1.54, 1.807) is 30.7 Å². The highest BCUT2D eigenvalue weighted by Crippen LogP contribution is 2.25. The first-order chi connectivity index (χ1) is 12.1. The predicted molar refractivity (Wildman–Crippen MR) is 92.3 cm³/mol. The number of anilines is 1. The van der Waals surface area contributed by atoms with Gasteiger partial charge in [0.25, 0.3) is 5.91 Å². The van der Waals surface area contributed by atoms with E-state index in [1.165, 1.54) is 17.8 Å². The molecule has 2 aromatic heterocycles. The van der Waals surface area contributed by atoms with Gasteiger partial charge >= 0.3 is 0 Å². The molecule has 0 aliphatic heterocycles.